The number of hydrogen-bond donors (Lipinski definition) is 0. The smallest absolute Gasteiger partial charge is 0.293 e. The maximum absolute atomic E-state index is 9.76. The predicted molar refractivity (Wildman–Crippen MR) is 71.6 cm³/mol. The maximum atomic E-state index is 9.76. The summed E-state index contributed by atoms with van der Waals surface area (Å²) in [5.74, 6) is 0. The molecule has 0 saturated heterocycles. The lowest BCUT2D eigenvalue weighted by atomic mass is 10.2. The molecule has 0 amide bonds. The van der Waals surface area contributed by atoms with Crippen molar-refractivity contribution in [2.75, 3.05) is 0 Å². The minimum Gasteiger partial charge on any atom is -0.463 e. The molecule has 0 N–H and O–H groups in total. The van der Waals surface area contributed by atoms with Crippen LogP contribution in [0.4, 0.5) is 0 Å². The molecule has 0 aliphatic carbocycles. The number of ether oxygens (including phenoxy) is 1. The summed E-state index contributed by atoms with van der Waals surface area (Å²) < 4.78 is 4.54. The van der Waals surface area contributed by atoms with Gasteiger partial charge in [0.05, 0.1) is 5.02 Å². The van der Waals surface area contributed by atoms with Crippen LogP contribution >= 0.6 is 23.2 Å². The summed E-state index contributed by atoms with van der Waals surface area (Å²) in [7, 11) is 0. The molecule has 0 bridgehead atoms. The zero-order chi connectivity index (χ0) is 13.2. The van der Waals surface area contributed by atoms with Gasteiger partial charge in [-0.25, -0.2) is 4.98 Å². The third-order valence-electron chi connectivity index (χ3n) is 1.87. The Morgan fingerprint density at radius 3 is 2.33 bits per heavy atom. The highest BCUT2D eigenvalue weighted by molar-refractivity contribution is 6.41. The summed E-state index contributed by atoms with van der Waals surface area (Å²) in [6.45, 7) is 0.817. The van der Waals surface area contributed by atoms with Crippen LogP contribution in [0.15, 0.2) is 48.7 Å². The van der Waals surface area contributed by atoms with Gasteiger partial charge in [0.2, 0.25) is 0 Å². The summed E-state index contributed by atoms with van der Waals surface area (Å²) in [6.07, 6.45) is 1.59. The van der Waals surface area contributed by atoms with Crippen molar-refractivity contribution < 1.29 is 9.53 Å². The highest BCUT2D eigenvalue weighted by Gasteiger charge is 1.91. The van der Waals surface area contributed by atoms with E-state index in [2.05, 4.69) is 9.72 Å². The van der Waals surface area contributed by atoms with Crippen molar-refractivity contribution in [3.05, 3.63) is 64.4 Å². The Hall–Kier alpha value is -1.58. The molecule has 2 aromatic rings. The van der Waals surface area contributed by atoms with Gasteiger partial charge in [-0.2, -0.15) is 0 Å². The Kier molecular flexibility index (Phi) is 6.84. The molecule has 1 heterocycles. The number of carbonyl (C=O) groups is 1. The monoisotopic (exact) mass is 283 g/mol. The normalized spacial score (nSPS) is 9.00. The van der Waals surface area contributed by atoms with Crippen LogP contribution in [0, 0.1) is 0 Å². The Labute approximate surface area is 115 Å². The van der Waals surface area contributed by atoms with Crippen LogP contribution in [-0.4, -0.2) is 11.5 Å². The van der Waals surface area contributed by atoms with E-state index >= 15 is 0 Å². The largest absolute Gasteiger partial charge is 0.463 e. The van der Waals surface area contributed by atoms with E-state index in [1.807, 2.05) is 30.3 Å². The van der Waals surface area contributed by atoms with Crippen molar-refractivity contribution in [2.24, 2.45) is 0 Å². The van der Waals surface area contributed by atoms with Gasteiger partial charge in [0, 0.05) is 6.20 Å². The molecule has 94 valence electrons. The van der Waals surface area contributed by atoms with Gasteiger partial charge in [-0.3, -0.25) is 4.79 Å². The third kappa shape index (κ3) is 5.66. The SMILES string of the molecule is Clc1cccnc1Cl.O=COCc1ccccc1. The van der Waals surface area contributed by atoms with E-state index in [0.29, 0.717) is 23.3 Å². The van der Waals surface area contributed by atoms with Crippen molar-refractivity contribution in [3.8, 4) is 0 Å². The van der Waals surface area contributed by atoms with Crippen LogP contribution in [0.3, 0.4) is 0 Å². The standard InChI is InChI=1S/C8H8O2.C5H3Cl2N/c9-7-10-6-8-4-2-1-3-5-8;6-4-2-1-3-8-5(4)7/h1-5,7H,6H2;1-3H. The first kappa shape index (κ1) is 14.5. The molecule has 0 radical (unpaired) electrons. The molecule has 0 unspecified atom stereocenters. The van der Waals surface area contributed by atoms with Crippen molar-refractivity contribution in [1.29, 1.82) is 0 Å². The van der Waals surface area contributed by atoms with Crippen molar-refractivity contribution in [1.82, 2.24) is 4.98 Å². The lowest BCUT2D eigenvalue weighted by Gasteiger charge is -1.95. The van der Waals surface area contributed by atoms with Crippen molar-refractivity contribution in [2.45, 2.75) is 6.61 Å². The number of nitrogens with zero attached hydrogens (tertiary/aromatic N) is 1. The lowest BCUT2D eigenvalue weighted by Crippen LogP contribution is -1.88. The molecular formula is C13H11Cl2NO2. The molecular weight excluding hydrogens is 273 g/mol. The van der Waals surface area contributed by atoms with Gasteiger partial charge in [-0.05, 0) is 17.7 Å². The van der Waals surface area contributed by atoms with E-state index in [1.54, 1.807) is 18.3 Å². The Balaban J connectivity index is 0.000000184. The number of aromatic nitrogens is 1. The molecule has 0 aliphatic rings. The van der Waals surface area contributed by atoms with Gasteiger partial charge in [0.25, 0.3) is 6.47 Å². The first-order valence-electron chi connectivity index (χ1n) is 5.09. The zero-order valence-electron chi connectivity index (χ0n) is 9.42. The van der Waals surface area contributed by atoms with E-state index in [9.17, 15) is 4.79 Å². The van der Waals surface area contributed by atoms with Gasteiger partial charge in [0.15, 0.2) is 0 Å². The minimum atomic E-state index is 0.356. The van der Waals surface area contributed by atoms with Gasteiger partial charge in [-0.15, -0.1) is 0 Å². The van der Waals surface area contributed by atoms with Crippen LogP contribution < -0.4 is 0 Å². The molecule has 1 aromatic carbocycles. The molecule has 2 rings (SSSR count). The second-order valence-electron chi connectivity index (χ2n) is 3.17. The molecule has 18 heavy (non-hydrogen) atoms. The molecule has 0 aliphatic heterocycles. The summed E-state index contributed by atoms with van der Waals surface area (Å²) in [6, 6.07) is 13.0. The Morgan fingerprint density at radius 1 is 1.11 bits per heavy atom. The fraction of sp³-hybridized carbons (Fsp3) is 0.0769. The number of pyridine rings is 1. The van der Waals surface area contributed by atoms with Gasteiger partial charge < -0.3 is 4.74 Å². The Bertz CT molecular complexity index is 456. The fourth-order valence-corrected chi connectivity index (χ4v) is 1.31. The maximum Gasteiger partial charge on any atom is 0.293 e. The van der Waals surface area contributed by atoms with Crippen LogP contribution in [0.25, 0.3) is 0 Å². The topological polar surface area (TPSA) is 39.2 Å². The third-order valence-corrected chi connectivity index (χ3v) is 2.58. The molecule has 0 saturated carbocycles. The minimum absolute atomic E-state index is 0.356. The Morgan fingerprint density at radius 2 is 1.83 bits per heavy atom. The summed E-state index contributed by atoms with van der Waals surface area (Å²) in [5, 5.41) is 0.850. The number of rotatable bonds is 3. The van der Waals surface area contributed by atoms with Crippen LogP contribution in [0.1, 0.15) is 5.56 Å². The number of benzene rings is 1. The molecule has 3 nitrogen and oxygen atoms in total. The first-order chi connectivity index (χ1) is 8.74. The highest BCUT2D eigenvalue weighted by atomic mass is 35.5. The van der Waals surface area contributed by atoms with Gasteiger partial charge >= 0.3 is 0 Å². The number of halogens is 2. The summed E-state index contributed by atoms with van der Waals surface area (Å²) in [4.78, 5) is 13.5. The molecule has 0 fully saturated rings. The molecule has 1 aromatic heterocycles. The predicted octanol–water partition coefficient (Wildman–Crippen LogP) is 3.75. The van der Waals surface area contributed by atoms with Crippen LogP contribution in [0.2, 0.25) is 10.2 Å². The zero-order valence-corrected chi connectivity index (χ0v) is 10.9. The van der Waals surface area contributed by atoms with Crippen LogP contribution in [-0.2, 0) is 16.1 Å². The second kappa shape index (κ2) is 8.50. The van der Waals surface area contributed by atoms with E-state index < -0.39 is 0 Å². The number of carbonyl (C=O) groups excluding carboxylic acids is 1. The quantitative estimate of drug-likeness (QED) is 0.636. The first-order valence-corrected chi connectivity index (χ1v) is 5.85. The molecule has 0 spiro atoms. The second-order valence-corrected chi connectivity index (χ2v) is 3.93. The van der Waals surface area contributed by atoms with Gasteiger partial charge in [0.1, 0.15) is 11.8 Å². The number of hydrogen-bond acceptors (Lipinski definition) is 3. The molecule has 0 atom stereocenters. The average molecular weight is 284 g/mol. The van der Waals surface area contributed by atoms with E-state index in [1.165, 1.54) is 0 Å². The summed E-state index contributed by atoms with van der Waals surface area (Å²) >= 11 is 11.0. The fourth-order valence-electron chi connectivity index (χ4n) is 1.07. The van der Waals surface area contributed by atoms with Crippen LogP contribution in [0.5, 0.6) is 0 Å². The van der Waals surface area contributed by atoms with Crippen molar-refractivity contribution >= 4 is 29.7 Å². The lowest BCUT2D eigenvalue weighted by molar-refractivity contribution is -0.129. The van der Waals surface area contributed by atoms with E-state index in [-0.39, 0.29) is 0 Å². The molecule has 5 heteroatoms. The van der Waals surface area contributed by atoms with E-state index in [4.69, 9.17) is 23.2 Å². The van der Waals surface area contributed by atoms with E-state index in [0.717, 1.165) is 5.56 Å². The highest BCUT2D eigenvalue weighted by Crippen LogP contribution is 2.16. The average Bonchev–Trinajstić information content (AvgIpc) is 2.42. The van der Waals surface area contributed by atoms with Gasteiger partial charge in [-0.1, -0.05) is 53.5 Å². The summed E-state index contributed by atoms with van der Waals surface area (Å²) in [5.41, 5.74) is 1.01. The van der Waals surface area contributed by atoms with Crippen molar-refractivity contribution in [3.63, 3.8) is 0 Å².